The molecule has 0 aromatic heterocycles. The van der Waals surface area contributed by atoms with Gasteiger partial charge in [0.05, 0.1) is 25.3 Å². The molecule has 5 heteroatoms. The van der Waals surface area contributed by atoms with E-state index >= 15 is 0 Å². The van der Waals surface area contributed by atoms with Gasteiger partial charge in [0.15, 0.2) is 0 Å². The summed E-state index contributed by atoms with van der Waals surface area (Å²) in [5.41, 5.74) is 0.165. The number of amides is 1. The van der Waals surface area contributed by atoms with Gasteiger partial charge in [0.2, 0.25) is 0 Å². The Kier molecular flexibility index (Phi) is 4.78. The van der Waals surface area contributed by atoms with Gasteiger partial charge in [-0.15, -0.1) is 0 Å². The van der Waals surface area contributed by atoms with Gasteiger partial charge in [-0.05, 0) is 18.6 Å². The predicted molar refractivity (Wildman–Crippen MR) is 63.3 cm³/mol. The molecule has 3 N–H and O–H groups in total. The zero-order chi connectivity index (χ0) is 12.8. The number of benzene rings is 1. The van der Waals surface area contributed by atoms with Crippen molar-refractivity contribution < 1.29 is 19.7 Å². The zero-order valence-corrected chi connectivity index (χ0v) is 9.93. The standard InChI is InChI=1S/C12H17NO4/c1-3-8(7-14)13-12(16)10-5-4-9(17-2)6-11(10)15/h4-6,8,14-15H,3,7H2,1-2H3,(H,13,16). The summed E-state index contributed by atoms with van der Waals surface area (Å²) in [5, 5.41) is 21.2. The van der Waals surface area contributed by atoms with Crippen LogP contribution in [0.25, 0.3) is 0 Å². The number of ether oxygens (including phenoxy) is 1. The van der Waals surface area contributed by atoms with E-state index in [2.05, 4.69) is 5.32 Å². The maximum Gasteiger partial charge on any atom is 0.255 e. The van der Waals surface area contributed by atoms with Crippen LogP contribution in [-0.2, 0) is 0 Å². The molecule has 94 valence electrons. The number of rotatable bonds is 5. The van der Waals surface area contributed by atoms with Crippen LogP contribution in [0.5, 0.6) is 11.5 Å². The molecule has 1 amide bonds. The van der Waals surface area contributed by atoms with Crippen molar-refractivity contribution in [3.63, 3.8) is 0 Å². The third-order valence-electron chi connectivity index (χ3n) is 2.50. The fraction of sp³-hybridized carbons (Fsp3) is 0.417. The van der Waals surface area contributed by atoms with E-state index in [1.54, 1.807) is 6.07 Å². The van der Waals surface area contributed by atoms with E-state index in [1.165, 1.54) is 19.2 Å². The fourth-order valence-electron chi connectivity index (χ4n) is 1.37. The Morgan fingerprint density at radius 2 is 2.24 bits per heavy atom. The number of aromatic hydroxyl groups is 1. The highest BCUT2D eigenvalue weighted by Crippen LogP contribution is 2.23. The number of carbonyl (C=O) groups is 1. The molecule has 0 aliphatic rings. The van der Waals surface area contributed by atoms with Gasteiger partial charge >= 0.3 is 0 Å². The van der Waals surface area contributed by atoms with Crippen molar-refractivity contribution in [3.8, 4) is 11.5 Å². The Bertz CT molecular complexity index is 388. The Labute approximate surface area is 100 Å². The van der Waals surface area contributed by atoms with Gasteiger partial charge in [-0.1, -0.05) is 6.92 Å². The normalized spacial score (nSPS) is 11.9. The molecule has 0 fully saturated rings. The van der Waals surface area contributed by atoms with Crippen LogP contribution in [0.15, 0.2) is 18.2 Å². The van der Waals surface area contributed by atoms with Crippen molar-refractivity contribution in [1.82, 2.24) is 5.32 Å². The first kappa shape index (κ1) is 13.3. The van der Waals surface area contributed by atoms with Gasteiger partial charge in [-0.2, -0.15) is 0 Å². The number of hydrogen-bond donors (Lipinski definition) is 3. The molecule has 0 bridgehead atoms. The fourth-order valence-corrected chi connectivity index (χ4v) is 1.37. The van der Waals surface area contributed by atoms with Gasteiger partial charge in [-0.3, -0.25) is 4.79 Å². The number of aliphatic hydroxyl groups is 1. The van der Waals surface area contributed by atoms with Crippen LogP contribution >= 0.6 is 0 Å². The molecule has 5 nitrogen and oxygen atoms in total. The molecule has 17 heavy (non-hydrogen) atoms. The molecule has 1 aromatic rings. The summed E-state index contributed by atoms with van der Waals surface area (Å²) in [5.74, 6) is -0.0751. The minimum atomic E-state index is -0.411. The highest BCUT2D eigenvalue weighted by Gasteiger charge is 2.15. The first-order valence-electron chi connectivity index (χ1n) is 5.41. The van der Waals surface area contributed by atoms with E-state index in [1.807, 2.05) is 6.92 Å². The van der Waals surface area contributed by atoms with Crippen LogP contribution < -0.4 is 10.1 Å². The van der Waals surface area contributed by atoms with Crippen LogP contribution in [0.2, 0.25) is 0 Å². The maximum atomic E-state index is 11.8. The topological polar surface area (TPSA) is 78.8 Å². The Morgan fingerprint density at radius 3 is 2.71 bits per heavy atom. The van der Waals surface area contributed by atoms with Crippen LogP contribution in [0.4, 0.5) is 0 Å². The summed E-state index contributed by atoms with van der Waals surface area (Å²) in [4.78, 5) is 11.8. The van der Waals surface area contributed by atoms with E-state index in [9.17, 15) is 9.90 Å². The molecule has 0 saturated heterocycles. The van der Waals surface area contributed by atoms with E-state index in [-0.39, 0.29) is 24.0 Å². The average Bonchev–Trinajstić information content (AvgIpc) is 2.35. The minimum absolute atomic E-state index is 0.126. The molecule has 0 aliphatic heterocycles. The second kappa shape index (κ2) is 6.10. The minimum Gasteiger partial charge on any atom is -0.507 e. The van der Waals surface area contributed by atoms with Crippen LogP contribution in [-0.4, -0.2) is 35.9 Å². The second-order valence-corrected chi connectivity index (χ2v) is 3.64. The highest BCUT2D eigenvalue weighted by molar-refractivity contribution is 5.97. The lowest BCUT2D eigenvalue weighted by atomic mass is 10.1. The van der Waals surface area contributed by atoms with Crippen LogP contribution in [0.3, 0.4) is 0 Å². The van der Waals surface area contributed by atoms with Gasteiger partial charge in [0, 0.05) is 6.07 Å². The zero-order valence-electron chi connectivity index (χ0n) is 9.93. The Hall–Kier alpha value is -1.75. The SMILES string of the molecule is CCC(CO)NC(=O)c1ccc(OC)cc1O. The lowest BCUT2D eigenvalue weighted by Gasteiger charge is -2.14. The molecular weight excluding hydrogens is 222 g/mol. The van der Waals surface area contributed by atoms with Crippen molar-refractivity contribution in [3.05, 3.63) is 23.8 Å². The van der Waals surface area contributed by atoms with Gasteiger partial charge < -0.3 is 20.3 Å². The molecule has 0 aliphatic carbocycles. The van der Waals surface area contributed by atoms with Crippen molar-refractivity contribution in [2.24, 2.45) is 0 Å². The van der Waals surface area contributed by atoms with Crippen LogP contribution in [0, 0.1) is 0 Å². The molecule has 1 unspecified atom stereocenters. The summed E-state index contributed by atoms with van der Waals surface area (Å²) in [6, 6.07) is 4.14. The molecule has 0 heterocycles. The number of phenols is 1. The molecule has 0 radical (unpaired) electrons. The number of carbonyl (C=O) groups excluding carboxylic acids is 1. The molecule has 1 rings (SSSR count). The summed E-state index contributed by atoms with van der Waals surface area (Å²) in [7, 11) is 1.48. The summed E-state index contributed by atoms with van der Waals surface area (Å²) < 4.78 is 4.92. The van der Waals surface area contributed by atoms with Gasteiger partial charge in [-0.25, -0.2) is 0 Å². The lowest BCUT2D eigenvalue weighted by molar-refractivity contribution is 0.0912. The van der Waals surface area contributed by atoms with Gasteiger partial charge in [0.1, 0.15) is 11.5 Å². The monoisotopic (exact) mass is 239 g/mol. The maximum absolute atomic E-state index is 11.8. The van der Waals surface area contributed by atoms with E-state index in [4.69, 9.17) is 9.84 Å². The van der Waals surface area contributed by atoms with Crippen molar-refractivity contribution >= 4 is 5.91 Å². The van der Waals surface area contributed by atoms with Crippen molar-refractivity contribution in [2.75, 3.05) is 13.7 Å². The van der Waals surface area contributed by atoms with E-state index in [0.717, 1.165) is 0 Å². The molecule has 1 aromatic carbocycles. The third-order valence-corrected chi connectivity index (χ3v) is 2.50. The van der Waals surface area contributed by atoms with E-state index < -0.39 is 5.91 Å². The summed E-state index contributed by atoms with van der Waals surface area (Å²) in [6.07, 6.45) is 0.624. The first-order chi connectivity index (χ1) is 8.12. The number of aliphatic hydroxyl groups excluding tert-OH is 1. The number of methoxy groups -OCH3 is 1. The lowest BCUT2D eigenvalue weighted by Crippen LogP contribution is -2.36. The Balaban J connectivity index is 2.82. The van der Waals surface area contributed by atoms with Gasteiger partial charge in [0.25, 0.3) is 5.91 Å². The number of nitrogens with one attached hydrogen (secondary N) is 1. The molecule has 1 atom stereocenters. The summed E-state index contributed by atoms with van der Waals surface area (Å²) in [6.45, 7) is 1.73. The smallest absolute Gasteiger partial charge is 0.255 e. The summed E-state index contributed by atoms with van der Waals surface area (Å²) >= 11 is 0. The van der Waals surface area contributed by atoms with E-state index in [0.29, 0.717) is 12.2 Å². The molecule has 0 saturated carbocycles. The number of phenolic OH excluding ortho intramolecular Hbond substituents is 1. The predicted octanol–water partition coefficient (Wildman–Crippen LogP) is 0.902. The largest absolute Gasteiger partial charge is 0.507 e. The second-order valence-electron chi connectivity index (χ2n) is 3.64. The highest BCUT2D eigenvalue weighted by atomic mass is 16.5. The quantitative estimate of drug-likeness (QED) is 0.713. The van der Waals surface area contributed by atoms with Crippen molar-refractivity contribution in [1.29, 1.82) is 0 Å². The number of hydrogen-bond acceptors (Lipinski definition) is 4. The van der Waals surface area contributed by atoms with Crippen LogP contribution in [0.1, 0.15) is 23.7 Å². The third kappa shape index (κ3) is 3.35. The molecule has 0 spiro atoms. The first-order valence-corrected chi connectivity index (χ1v) is 5.41. The molecular formula is C12H17NO4. The average molecular weight is 239 g/mol. The Morgan fingerprint density at radius 1 is 1.53 bits per heavy atom. The van der Waals surface area contributed by atoms with Crippen molar-refractivity contribution in [2.45, 2.75) is 19.4 Å².